The molecular weight excluding hydrogens is 244 g/mol. The Hall–Kier alpha value is -1.10. The van der Waals surface area contributed by atoms with Crippen LogP contribution in [0.15, 0.2) is 24.3 Å². The molecule has 0 aliphatic heterocycles. The fourth-order valence-corrected chi connectivity index (χ4v) is 1.61. The van der Waals surface area contributed by atoms with E-state index in [1.807, 2.05) is 6.07 Å². The summed E-state index contributed by atoms with van der Waals surface area (Å²) in [6, 6.07) is 6.91. The van der Waals surface area contributed by atoms with Crippen LogP contribution in [0.25, 0.3) is 0 Å². The Bertz CT molecular complexity index is 381. The largest absolute Gasteiger partial charge is 0.469 e. The fourth-order valence-electron chi connectivity index (χ4n) is 1.45. The maximum atomic E-state index is 11.0. The zero-order chi connectivity index (χ0) is 12.8. The zero-order valence-electron chi connectivity index (χ0n) is 9.47. The Balaban J connectivity index is 2.73. The number of carbonyl (C=O) groups is 1. The molecule has 17 heavy (non-hydrogen) atoms. The molecule has 0 radical (unpaired) electrons. The van der Waals surface area contributed by atoms with Crippen molar-refractivity contribution >= 4 is 17.6 Å². The molecular formula is C12H15ClO4. The van der Waals surface area contributed by atoms with Gasteiger partial charge in [0.05, 0.1) is 19.6 Å². The van der Waals surface area contributed by atoms with Crippen molar-refractivity contribution in [3.63, 3.8) is 0 Å². The normalized spacial score (nSPS) is 14.1. The van der Waals surface area contributed by atoms with E-state index in [1.165, 1.54) is 7.11 Å². The Morgan fingerprint density at radius 3 is 2.76 bits per heavy atom. The van der Waals surface area contributed by atoms with Gasteiger partial charge in [-0.2, -0.15) is 0 Å². The molecule has 0 aromatic heterocycles. The van der Waals surface area contributed by atoms with Crippen LogP contribution in [0.3, 0.4) is 0 Å². The number of benzene rings is 1. The van der Waals surface area contributed by atoms with Gasteiger partial charge in [0.2, 0.25) is 0 Å². The van der Waals surface area contributed by atoms with Crippen molar-refractivity contribution in [2.75, 3.05) is 7.11 Å². The fraction of sp³-hybridized carbons (Fsp3) is 0.417. The molecule has 0 amide bonds. The number of rotatable bonds is 5. The van der Waals surface area contributed by atoms with E-state index >= 15 is 0 Å². The highest BCUT2D eigenvalue weighted by Crippen LogP contribution is 2.20. The number of ether oxygens (including phenoxy) is 1. The topological polar surface area (TPSA) is 66.8 Å². The molecule has 0 aliphatic rings. The van der Waals surface area contributed by atoms with Crippen LogP contribution in [0.4, 0.5) is 0 Å². The molecule has 0 saturated carbocycles. The van der Waals surface area contributed by atoms with Gasteiger partial charge in [-0.3, -0.25) is 4.79 Å². The highest BCUT2D eigenvalue weighted by Gasteiger charge is 2.21. The highest BCUT2D eigenvalue weighted by molar-refractivity contribution is 6.17. The molecule has 94 valence electrons. The molecule has 1 aromatic rings. The predicted octanol–water partition coefficient (Wildman–Crippen LogP) is 1.38. The van der Waals surface area contributed by atoms with E-state index in [1.54, 1.807) is 18.2 Å². The second-order valence-electron chi connectivity index (χ2n) is 3.67. The minimum Gasteiger partial charge on any atom is -0.469 e. The van der Waals surface area contributed by atoms with Crippen LogP contribution in [0.5, 0.6) is 0 Å². The Morgan fingerprint density at radius 2 is 2.18 bits per heavy atom. The number of methoxy groups -OCH3 is 1. The van der Waals surface area contributed by atoms with Gasteiger partial charge in [-0.15, -0.1) is 11.6 Å². The van der Waals surface area contributed by atoms with Crippen molar-refractivity contribution in [2.24, 2.45) is 0 Å². The van der Waals surface area contributed by atoms with E-state index in [0.717, 1.165) is 5.56 Å². The third-order valence-electron chi connectivity index (χ3n) is 2.41. The van der Waals surface area contributed by atoms with Gasteiger partial charge < -0.3 is 14.9 Å². The zero-order valence-corrected chi connectivity index (χ0v) is 10.2. The molecule has 0 bridgehead atoms. The summed E-state index contributed by atoms with van der Waals surface area (Å²) in [4.78, 5) is 11.0. The molecule has 0 spiro atoms. The molecule has 0 fully saturated rings. The second kappa shape index (κ2) is 6.59. The van der Waals surface area contributed by atoms with Crippen molar-refractivity contribution in [3.8, 4) is 0 Å². The molecule has 4 nitrogen and oxygen atoms in total. The van der Waals surface area contributed by atoms with Gasteiger partial charge in [-0.25, -0.2) is 0 Å². The average molecular weight is 259 g/mol. The third-order valence-corrected chi connectivity index (χ3v) is 2.72. The molecule has 1 rings (SSSR count). The van der Waals surface area contributed by atoms with Gasteiger partial charge >= 0.3 is 5.97 Å². The lowest BCUT2D eigenvalue weighted by atomic mass is 10.0. The van der Waals surface area contributed by atoms with Gasteiger partial charge in [0.15, 0.2) is 0 Å². The Labute approximate surface area is 105 Å². The third kappa shape index (κ3) is 4.00. The summed E-state index contributed by atoms with van der Waals surface area (Å²) in [6.07, 6.45) is -2.56. The molecule has 0 saturated heterocycles. The van der Waals surface area contributed by atoms with Crippen molar-refractivity contribution in [1.82, 2.24) is 0 Å². The van der Waals surface area contributed by atoms with Crippen LogP contribution in [0, 0.1) is 0 Å². The maximum Gasteiger partial charge on any atom is 0.308 e. The smallest absolute Gasteiger partial charge is 0.308 e. The summed E-state index contributed by atoms with van der Waals surface area (Å²) in [5.74, 6) is -0.238. The van der Waals surface area contributed by atoms with Gasteiger partial charge in [-0.1, -0.05) is 24.3 Å². The molecule has 0 heterocycles. The number of aliphatic hydroxyl groups is 2. The Kier molecular flexibility index (Phi) is 5.41. The van der Waals surface area contributed by atoms with Crippen molar-refractivity contribution in [2.45, 2.75) is 24.5 Å². The molecule has 2 N–H and O–H groups in total. The summed E-state index contributed by atoms with van der Waals surface area (Å²) in [7, 11) is 1.23. The number of halogens is 1. The first-order valence-electron chi connectivity index (χ1n) is 5.16. The first-order valence-corrected chi connectivity index (χ1v) is 5.69. The van der Waals surface area contributed by atoms with E-state index in [0.29, 0.717) is 11.4 Å². The van der Waals surface area contributed by atoms with Crippen molar-refractivity contribution in [3.05, 3.63) is 35.4 Å². The number of hydrogen-bond donors (Lipinski definition) is 2. The van der Waals surface area contributed by atoms with E-state index in [2.05, 4.69) is 4.74 Å². The highest BCUT2D eigenvalue weighted by atomic mass is 35.5. The van der Waals surface area contributed by atoms with E-state index in [9.17, 15) is 15.0 Å². The first-order chi connectivity index (χ1) is 8.08. The number of alkyl halides is 1. The summed E-state index contributed by atoms with van der Waals surface area (Å²) < 4.78 is 4.42. The first kappa shape index (κ1) is 14.0. The van der Waals surface area contributed by atoms with Gasteiger partial charge in [0.1, 0.15) is 6.10 Å². The lowest BCUT2D eigenvalue weighted by Gasteiger charge is -2.17. The lowest BCUT2D eigenvalue weighted by Crippen LogP contribution is -2.22. The monoisotopic (exact) mass is 258 g/mol. The van der Waals surface area contributed by atoms with E-state index < -0.39 is 18.2 Å². The number of carbonyl (C=O) groups excluding carboxylic acids is 1. The second-order valence-corrected chi connectivity index (χ2v) is 3.94. The molecule has 2 unspecified atom stereocenters. The molecule has 5 heteroatoms. The quantitative estimate of drug-likeness (QED) is 0.619. The van der Waals surface area contributed by atoms with Gasteiger partial charge in [0, 0.05) is 5.88 Å². The summed E-state index contributed by atoms with van der Waals surface area (Å²) in [5.41, 5.74) is 1.37. The van der Waals surface area contributed by atoms with Crippen LogP contribution >= 0.6 is 11.6 Å². The number of esters is 1. The van der Waals surface area contributed by atoms with E-state index in [-0.39, 0.29) is 6.42 Å². The van der Waals surface area contributed by atoms with Crippen LogP contribution in [0.2, 0.25) is 0 Å². The SMILES string of the molecule is COC(=O)CC(O)C(O)c1cccc(CCl)c1. The standard InChI is InChI=1S/C12H15ClO4/c1-17-11(15)6-10(14)12(16)9-4-2-3-8(5-9)7-13/h2-5,10,12,14,16H,6-7H2,1H3. The van der Waals surface area contributed by atoms with Crippen molar-refractivity contribution in [1.29, 1.82) is 0 Å². The molecule has 2 atom stereocenters. The maximum absolute atomic E-state index is 11.0. The minimum atomic E-state index is -1.19. The summed E-state index contributed by atoms with van der Waals surface area (Å²) >= 11 is 5.67. The molecule has 1 aromatic carbocycles. The predicted molar refractivity (Wildman–Crippen MR) is 63.6 cm³/mol. The Morgan fingerprint density at radius 1 is 1.47 bits per heavy atom. The van der Waals surface area contributed by atoms with Crippen LogP contribution in [0.1, 0.15) is 23.7 Å². The number of hydrogen-bond acceptors (Lipinski definition) is 4. The minimum absolute atomic E-state index is 0.247. The number of aliphatic hydroxyl groups excluding tert-OH is 2. The van der Waals surface area contributed by atoms with Crippen molar-refractivity contribution < 1.29 is 19.7 Å². The van der Waals surface area contributed by atoms with Crippen LogP contribution in [-0.4, -0.2) is 29.4 Å². The summed E-state index contributed by atoms with van der Waals surface area (Å²) in [6.45, 7) is 0. The molecule has 0 aliphatic carbocycles. The summed E-state index contributed by atoms with van der Waals surface area (Å²) in [5, 5.41) is 19.5. The average Bonchev–Trinajstić information content (AvgIpc) is 2.37. The van der Waals surface area contributed by atoms with Crippen LogP contribution in [-0.2, 0) is 15.4 Å². The van der Waals surface area contributed by atoms with Gasteiger partial charge in [-0.05, 0) is 11.1 Å². The van der Waals surface area contributed by atoms with Crippen LogP contribution < -0.4 is 0 Å². The van der Waals surface area contributed by atoms with Gasteiger partial charge in [0.25, 0.3) is 0 Å². The lowest BCUT2D eigenvalue weighted by molar-refractivity contribution is -0.144. The van der Waals surface area contributed by atoms with E-state index in [4.69, 9.17) is 11.6 Å².